The number of para-hydroxylation sites is 2. The van der Waals surface area contributed by atoms with E-state index in [1.807, 2.05) is 24.3 Å². The molecule has 1 amide bonds. The van der Waals surface area contributed by atoms with E-state index in [0.717, 1.165) is 32.2 Å². The molecular formula is C22H36N2O3. The van der Waals surface area contributed by atoms with Crippen molar-refractivity contribution >= 4 is 11.8 Å². The molecule has 0 saturated heterocycles. The van der Waals surface area contributed by atoms with Crippen LogP contribution in [-0.4, -0.2) is 44.3 Å². The minimum atomic E-state index is -0.385. The van der Waals surface area contributed by atoms with Gasteiger partial charge in [0.25, 0.3) is 0 Å². The minimum Gasteiger partial charge on any atom is -0.491 e. The van der Waals surface area contributed by atoms with Crippen LogP contribution < -0.4 is 10.1 Å². The van der Waals surface area contributed by atoms with E-state index in [9.17, 15) is 4.79 Å². The SMILES string of the molecule is CCCCCCCOc1ccccc1NC(=O)O[C@H]1CCC[C@@H]1CN(C)C. The van der Waals surface area contributed by atoms with Crippen molar-refractivity contribution in [2.24, 2.45) is 5.92 Å². The van der Waals surface area contributed by atoms with Gasteiger partial charge in [0.05, 0.1) is 12.3 Å². The summed E-state index contributed by atoms with van der Waals surface area (Å²) < 4.78 is 11.6. The molecular weight excluding hydrogens is 340 g/mol. The normalized spacial score (nSPS) is 19.3. The summed E-state index contributed by atoms with van der Waals surface area (Å²) in [5.74, 6) is 1.13. The maximum atomic E-state index is 12.4. The lowest BCUT2D eigenvalue weighted by Gasteiger charge is -2.23. The van der Waals surface area contributed by atoms with Crippen LogP contribution >= 0.6 is 0 Å². The van der Waals surface area contributed by atoms with Gasteiger partial charge >= 0.3 is 6.09 Å². The summed E-state index contributed by atoms with van der Waals surface area (Å²) in [6, 6.07) is 7.58. The van der Waals surface area contributed by atoms with Crippen molar-refractivity contribution < 1.29 is 14.3 Å². The monoisotopic (exact) mass is 376 g/mol. The van der Waals surface area contributed by atoms with Crippen LogP contribution in [0.3, 0.4) is 0 Å². The van der Waals surface area contributed by atoms with Crippen molar-refractivity contribution in [3.8, 4) is 5.75 Å². The number of amides is 1. The van der Waals surface area contributed by atoms with Crippen LogP contribution in [0.1, 0.15) is 58.3 Å². The number of ether oxygens (including phenoxy) is 2. The van der Waals surface area contributed by atoms with Gasteiger partial charge in [-0.2, -0.15) is 0 Å². The zero-order valence-corrected chi connectivity index (χ0v) is 17.2. The molecule has 5 heteroatoms. The molecule has 1 aromatic carbocycles. The van der Waals surface area contributed by atoms with Crippen LogP contribution in [-0.2, 0) is 4.74 Å². The summed E-state index contributed by atoms with van der Waals surface area (Å²) in [4.78, 5) is 14.6. The lowest BCUT2D eigenvalue weighted by Crippen LogP contribution is -2.31. The summed E-state index contributed by atoms with van der Waals surface area (Å²) in [5.41, 5.74) is 0.679. The Balaban J connectivity index is 1.81. The first-order valence-electron chi connectivity index (χ1n) is 10.4. The van der Waals surface area contributed by atoms with E-state index in [-0.39, 0.29) is 12.2 Å². The second-order valence-corrected chi connectivity index (χ2v) is 7.78. The molecule has 0 aliphatic heterocycles. The van der Waals surface area contributed by atoms with Gasteiger partial charge in [-0.3, -0.25) is 5.32 Å². The predicted molar refractivity (Wildman–Crippen MR) is 110 cm³/mol. The van der Waals surface area contributed by atoms with E-state index in [0.29, 0.717) is 24.0 Å². The molecule has 2 atom stereocenters. The van der Waals surface area contributed by atoms with E-state index in [1.54, 1.807) is 0 Å². The highest BCUT2D eigenvalue weighted by molar-refractivity contribution is 5.86. The summed E-state index contributed by atoms with van der Waals surface area (Å²) >= 11 is 0. The first-order valence-corrected chi connectivity index (χ1v) is 10.4. The molecule has 152 valence electrons. The van der Waals surface area contributed by atoms with Crippen molar-refractivity contribution in [3.63, 3.8) is 0 Å². The fourth-order valence-electron chi connectivity index (χ4n) is 3.70. The number of benzene rings is 1. The van der Waals surface area contributed by atoms with Crippen LogP contribution in [0.4, 0.5) is 10.5 Å². The van der Waals surface area contributed by atoms with Crippen molar-refractivity contribution in [3.05, 3.63) is 24.3 Å². The van der Waals surface area contributed by atoms with E-state index >= 15 is 0 Å². The average molecular weight is 377 g/mol. The molecule has 1 aromatic rings. The van der Waals surface area contributed by atoms with Crippen molar-refractivity contribution in [1.29, 1.82) is 0 Å². The molecule has 0 aromatic heterocycles. The lowest BCUT2D eigenvalue weighted by molar-refractivity contribution is 0.0780. The smallest absolute Gasteiger partial charge is 0.412 e. The third-order valence-electron chi connectivity index (χ3n) is 5.08. The molecule has 1 fully saturated rings. The van der Waals surface area contributed by atoms with Gasteiger partial charge in [0.2, 0.25) is 0 Å². The maximum absolute atomic E-state index is 12.4. The Hall–Kier alpha value is -1.75. The zero-order chi connectivity index (χ0) is 19.5. The van der Waals surface area contributed by atoms with Crippen molar-refractivity contribution in [2.45, 2.75) is 64.4 Å². The Bertz CT molecular complexity index is 562. The number of carbonyl (C=O) groups is 1. The van der Waals surface area contributed by atoms with Crippen molar-refractivity contribution in [2.75, 3.05) is 32.6 Å². The van der Waals surface area contributed by atoms with Gasteiger partial charge in [-0.1, -0.05) is 44.7 Å². The molecule has 0 heterocycles. The lowest BCUT2D eigenvalue weighted by atomic mass is 10.1. The van der Waals surface area contributed by atoms with E-state index in [1.165, 1.54) is 25.7 Å². The molecule has 0 bridgehead atoms. The predicted octanol–water partition coefficient (Wildman–Crippen LogP) is 5.31. The first kappa shape index (κ1) is 21.5. The molecule has 0 radical (unpaired) electrons. The topological polar surface area (TPSA) is 50.8 Å². The second kappa shape index (κ2) is 11.9. The summed E-state index contributed by atoms with van der Waals surface area (Å²) in [6.45, 7) is 3.84. The molecule has 27 heavy (non-hydrogen) atoms. The van der Waals surface area contributed by atoms with Gasteiger partial charge < -0.3 is 14.4 Å². The second-order valence-electron chi connectivity index (χ2n) is 7.78. The number of nitrogens with one attached hydrogen (secondary N) is 1. The molecule has 2 rings (SSSR count). The number of anilines is 1. The Morgan fingerprint density at radius 3 is 2.70 bits per heavy atom. The van der Waals surface area contributed by atoms with Crippen LogP contribution in [0.2, 0.25) is 0 Å². The first-order chi connectivity index (χ1) is 13.1. The Morgan fingerprint density at radius 1 is 1.15 bits per heavy atom. The van der Waals surface area contributed by atoms with Crippen LogP contribution in [0.5, 0.6) is 5.75 Å². The molecule has 1 aliphatic carbocycles. The largest absolute Gasteiger partial charge is 0.491 e. The molecule has 1 aliphatic rings. The summed E-state index contributed by atoms with van der Waals surface area (Å²) in [6.07, 6.45) is 8.79. The molecule has 5 nitrogen and oxygen atoms in total. The summed E-state index contributed by atoms with van der Waals surface area (Å²) in [5, 5.41) is 2.87. The Labute approximate surface area is 164 Å². The van der Waals surface area contributed by atoms with Gasteiger partial charge in [0.1, 0.15) is 11.9 Å². The van der Waals surface area contributed by atoms with Crippen LogP contribution in [0.25, 0.3) is 0 Å². The number of unbranched alkanes of at least 4 members (excludes halogenated alkanes) is 4. The molecule has 1 N–H and O–H groups in total. The Morgan fingerprint density at radius 2 is 1.93 bits per heavy atom. The minimum absolute atomic E-state index is 0.000883. The maximum Gasteiger partial charge on any atom is 0.412 e. The standard InChI is InChI=1S/C22H36N2O3/c1-4-5-6-7-10-16-26-21-14-9-8-13-19(21)23-22(25)27-20-15-11-12-18(20)17-24(2)3/h8-9,13-14,18,20H,4-7,10-12,15-17H2,1-3H3,(H,23,25)/t18-,20+/m1/s1. The fourth-order valence-corrected chi connectivity index (χ4v) is 3.70. The van der Waals surface area contributed by atoms with Gasteiger partial charge in [0.15, 0.2) is 0 Å². The third kappa shape index (κ3) is 7.79. The number of rotatable bonds is 11. The molecule has 0 unspecified atom stereocenters. The van der Waals surface area contributed by atoms with Crippen LogP contribution in [0, 0.1) is 5.92 Å². The van der Waals surface area contributed by atoms with Crippen molar-refractivity contribution in [1.82, 2.24) is 4.90 Å². The highest BCUT2D eigenvalue weighted by atomic mass is 16.6. The fraction of sp³-hybridized carbons (Fsp3) is 0.682. The molecule has 1 saturated carbocycles. The number of nitrogens with zero attached hydrogens (tertiary/aromatic N) is 1. The highest BCUT2D eigenvalue weighted by Gasteiger charge is 2.30. The molecule has 0 spiro atoms. The quantitative estimate of drug-likeness (QED) is 0.531. The van der Waals surface area contributed by atoms with E-state index in [2.05, 4.69) is 31.2 Å². The zero-order valence-electron chi connectivity index (χ0n) is 17.2. The van der Waals surface area contributed by atoms with Gasteiger partial charge in [0, 0.05) is 12.5 Å². The number of hydrogen-bond donors (Lipinski definition) is 1. The summed E-state index contributed by atoms with van der Waals surface area (Å²) in [7, 11) is 4.12. The number of hydrogen-bond acceptors (Lipinski definition) is 4. The van der Waals surface area contributed by atoms with Gasteiger partial charge in [-0.15, -0.1) is 0 Å². The Kier molecular flexibility index (Phi) is 9.46. The van der Waals surface area contributed by atoms with Gasteiger partial charge in [-0.25, -0.2) is 4.79 Å². The van der Waals surface area contributed by atoms with E-state index in [4.69, 9.17) is 9.47 Å². The number of carbonyl (C=O) groups excluding carboxylic acids is 1. The van der Waals surface area contributed by atoms with E-state index < -0.39 is 0 Å². The highest BCUT2D eigenvalue weighted by Crippen LogP contribution is 2.30. The van der Waals surface area contributed by atoms with Crippen LogP contribution in [0.15, 0.2) is 24.3 Å². The third-order valence-corrected chi connectivity index (χ3v) is 5.08. The van der Waals surface area contributed by atoms with Gasteiger partial charge in [-0.05, 0) is 51.9 Å². The average Bonchev–Trinajstić information content (AvgIpc) is 3.05.